The molecule has 2 N–H and O–H groups in total. The summed E-state index contributed by atoms with van der Waals surface area (Å²) in [5.41, 5.74) is -0.303. The Kier molecular flexibility index (Phi) is 3.20. The Hall–Kier alpha value is -1.56. The van der Waals surface area contributed by atoms with Gasteiger partial charge < -0.3 is 10.6 Å². The summed E-state index contributed by atoms with van der Waals surface area (Å²) in [7, 11) is 0. The van der Waals surface area contributed by atoms with Crippen LogP contribution in [0.1, 0.15) is 24.8 Å². The Balaban J connectivity index is 1.64. The SMILES string of the molecule is O=C(Nc1ccc(C(F)(F)F)cc1)C1CC2CCC1N2. The number of benzene rings is 1. The zero-order chi connectivity index (χ0) is 14.3. The lowest BCUT2D eigenvalue weighted by atomic mass is 9.88. The standard InChI is InChI=1S/C14H15F3N2O/c15-14(16,17)8-1-3-9(4-2-8)19-13(20)11-7-10-5-6-12(11)18-10/h1-4,10-12,18H,5-7H2,(H,19,20). The van der Waals surface area contributed by atoms with E-state index in [4.69, 9.17) is 0 Å². The molecule has 3 rings (SSSR count). The molecule has 1 amide bonds. The molecule has 2 aliphatic rings. The van der Waals surface area contributed by atoms with Crippen molar-refractivity contribution in [2.75, 3.05) is 5.32 Å². The van der Waals surface area contributed by atoms with E-state index in [0.717, 1.165) is 31.4 Å². The van der Waals surface area contributed by atoms with Crippen molar-refractivity contribution in [3.63, 3.8) is 0 Å². The van der Waals surface area contributed by atoms with E-state index in [1.807, 2.05) is 0 Å². The van der Waals surface area contributed by atoms with Gasteiger partial charge in [0.25, 0.3) is 0 Å². The summed E-state index contributed by atoms with van der Waals surface area (Å²) < 4.78 is 37.3. The number of amides is 1. The number of nitrogens with one attached hydrogen (secondary N) is 2. The monoisotopic (exact) mass is 284 g/mol. The van der Waals surface area contributed by atoms with Gasteiger partial charge in [-0.1, -0.05) is 0 Å². The predicted molar refractivity (Wildman–Crippen MR) is 68.1 cm³/mol. The number of carbonyl (C=O) groups excluding carboxylic acids is 1. The van der Waals surface area contributed by atoms with Crippen LogP contribution in [0.15, 0.2) is 24.3 Å². The first-order chi connectivity index (χ1) is 9.43. The second-order valence-corrected chi connectivity index (χ2v) is 5.45. The van der Waals surface area contributed by atoms with Crippen LogP contribution in [0.3, 0.4) is 0 Å². The first-order valence-corrected chi connectivity index (χ1v) is 6.67. The minimum absolute atomic E-state index is 0.0731. The minimum Gasteiger partial charge on any atom is -0.326 e. The van der Waals surface area contributed by atoms with Crippen LogP contribution in [0.5, 0.6) is 0 Å². The molecule has 2 aliphatic heterocycles. The maximum atomic E-state index is 12.4. The number of alkyl halides is 3. The molecule has 0 spiro atoms. The molecule has 0 radical (unpaired) electrons. The number of halogens is 3. The van der Waals surface area contributed by atoms with Gasteiger partial charge in [0.1, 0.15) is 0 Å². The summed E-state index contributed by atoms with van der Waals surface area (Å²) in [6.07, 6.45) is -1.43. The van der Waals surface area contributed by atoms with Crippen LogP contribution < -0.4 is 10.6 Å². The van der Waals surface area contributed by atoms with E-state index in [9.17, 15) is 18.0 Å². The van der Waals surface area contributed by atoms with Crippen LogP contribution >= 0.6 is 0 Å². The van der Waals surface area contributed by atoms with Crippen molar-refractivity contribution in [3.05, 3.63) is 29.8 Å². The highest BCUT2D eigenvalue weighted by molar-refractivity contribution is 5.93. The average Bonchev–Trinajstić information content (AvgIpc) is 3.00. The first-order valence-electron chi connectivity index (χ1n) is 6.67. The average molecular weight is 284 g/mol. The molecular weight excluding hydrogens is 269 g/mol. The molecule has 6 heteroatoms. The maximum absolute atomic E-state index is 12.4. The third-order valence-electron chi connectivity index (χ3n) is 4.12. The summed E-state index contributed by atoms with van der Waals surface area (Å²) >= 11 is 0. The van der Waals surface area contributed by atoms with Crippen LogP contribution in [0.2, 0.25) is 0 Å². The summed E-state index contributed by atoms with van der Waals surface area (Å²) in [4.78, 5) is 12.1. The summed E-state index contributed by atoms with van der Waals surface area (Å²) in [6, 6.07) is 5.18. The Labute approximate surface area is 114 Å². The Bertz CT molecular complexity index is 512. The van der Waals surface area contributed by atoms with Gasteiger partial charge in [-0.05, 0) is 43.5 Å². The zero-order valence-electron chi connectivity index (χ0n) is 10.7. The van der Waals surface area contributed by atoms with E-state index in [1.54, 1.807) is 0 Å². The molecule has 20 heavy (non-hydrogen) atoms. The van der Waals surface area contributed by atoms with E-state index in [2.05, 4.69) is 10.6 Å². The molecule has 0 saturated carbocycles. The summed E-state index contributed by atoms with van der Waals surface area (Å²) in [6.45, 7) is 0. The van der Waals surface area contributed by atoms with Gasteiger partial charge in [-0.2, -0.15) is 13.2 Å². The second kappa shape index (κ2) is 4.77. The van der Waals surface area contributed by atoms with Crippen LogP contribution in [-0.2, 0) is 11.0 Å². The van der Waals surface area contributed by atoms with E-state index >= 15 is 0 Å². The van der Waals surface area contributed by atoms with Gasteiger partial charge in [0.15, 0.2) is 0 Å². The van der Waals surface area contributed by atoms with Gasteiger partial charge in [0.2, 0.25) is 5.91 Å². The van der Waals surface area contributed by atoms with Gasteiger partial charge in [0, 0.05) is 17.8 Å². The first kappa shape index (κ1) is 13.4. The van der Waals surface area contributed by atoms with Crippen LogP contribution in [0.25, 0.3) is 0 Å². The van der Waals surface area contributed by atoms with E-state index in [-0.39, 0.29) is 17.9 Å². The molecular formula is C14H15F3N2O. The quantitative estimate of drug-likeness (QED) is 0.876. The molecule has 2 fully saturated rings. The highest BCUT2D eigenvalue weighted by atomic mass is 19.4. The second-order valence-electron chi connectivity index (χ2n) is 5.45. The molecule has 2 saturated heterocycles. The lowest BCUT2D eigenvalue weighted by molar-refractivity contribution is -0.137. The fraction of sp³-hybridized carbons (Fsp3) is 0.500. The van der Waals surface area contributed by atoms with Crippen molar-refractivity contribution < 1.29 is 18.0 Å². The summed E-state index contributed by atoms with van der Waals surface area (Å²) in [5, 5.41) is 6.07. The summed E-state index contributed by atoms with van der Waals surface area (Å²) in [5.74, 6) is -0.180. The topological polar surface area (TPSA) is 41.1 Å². The fourth-order valence-electron chi connectivity index (χ4n) is 3.09. The molecule has 2 heterocycles. The molecule has 1 aromatic carbocycles. The van der Waals surface area contributed by atoms with E-state index < -0.39 is 11.7 Å². The van der Waals surface area contributed by atoms with E-state index in [1.165, 1.54) is 12.1 Å². The number of carbonyl (C=O) groups is 1. The Morgan fingerprint density at radius 1 is 1.20 bits per heavy atom. The van der Waals surface area contributed by atoms with Gasteiger partial charge >= 0.3 is 6.18 Å². The lowest BCUT2D eigenvalue weighted by Gasteiger charge is -2.19. The highest BCUT2D eigenvalue weighted by Crippen LogP contribution is 2.34. The molecule has 3 nitrogen and oxygen atoms in total. The Morgan fingerprint density at radius 3 is 2.40 bits per heavy atom. The third-order valence-corrected chi connectivity index (χ3v) is 4.12. The number of anilines is 1. The molecule has 1 aromatic rings. The number of rotatable bonds is 2. The van der Waals surface area contributed by atoms with Gasteiger partial charge in [-0.15, -0.1) is 0 Å². The number of hydrogen-bond donors (Lipinski definition) is 2. The van der Waals surface area contributed by atoms with Crippen LogP contribution in [0, 0.1) is 5.92 Å². The number of hydrogen-bond acceptors (Lipinski definition) is 2. The van der Waals surface area contributed by atoms with Crippen molar-refractivity contribution in [1.82, 2.24) is 5.32 Å². The van der Waals surface area contributed by atoms with Crippen molar-refractivity contribution in [3.8, 4) is 0 Å². The van der Waals surface area contributed by atoms with Crippen molar-refractivity contribution in [1.29, 1.82) is 0 Å². The lowest BCUT2D eigenvalue weighted by Crippen LogP contribution is -2.32. The van der Waals surface area contributed by atoms with Crippen molar-refractivity contribution in [2.45, 2.75) is 37.5 Å². The van der Waals surface area contributed by atoms with Gasteiger partial charge in [-0.3, -0.25) is 4.79 Å². The minimum atomic E-state index is -4.35. The fourth-order valence-corrected chi connectivity index (χ4v) is 3.09. The molecule has 3 atom stereocenters. The predicted octanol–water partition coefficient (Wildman–Crippen LogP) is 2.78. The molecule has 108 valence electrons. The normalized spacial score (nSPS) is 28.6. The molecule has 0 aromatic heterocycles. The zero-order valence-corrected chi connectivity index (χ0v) is 10.7. The third kappa shape index (κ3) is 2.52. The largest absolute Gasteiger partial charge is 0.416 e. The molecule has 3 unspecified atom stereocenters. The highest BCUT2D eigenvalue weighted by Gasteiger charge is 2.42. The van der Waals surface area contributed by atoms with E-state index in [0.29, 0.717) is 11.7 Å². The van der Waals surface area contributed by atoms with Gasteiger partial charge in [0.05, 0.1) is 11.5 Å². The molecule has 2 bridgehead atoms. The smallest absolute Gasteiger partial charge is 0.326 e. The van der Waals surface area contributed by atoms with Crippen molar-refractivity contribution >= 4 is 11.6 Å². The maximum Gasteiger partial charge on any atom is 0.416 e. The number of fused-ring (bicyclic) bond motifs is 2. The Morgan fingerprint density at radius 2 is 1.90 bits per heavy atom. The van der Waals surface area contributed by atoms with Crippen LogP contribution in [0.4, 0.5) is 18.9 Å². The van der Waals surface area contributed by atoms with Gasteiger partial charge in [-0.25, -0.2) is 0 Å². The van der Waals surface area contributed by atoms with Crippen molar-refractivity contribution in [2.24, 2.45) is 5.92 Å². The van der Waals surface area contributed by atoms with Crippen LogP contribution in [-0.4, -0.2) is 18.0 Å². The molecule has 0 aliphatic carbocycles.